The Labute approximate surface area is 146 Å². The average Bonchev–Trinajstić information content (AvgIpc) is 2.63. The molecule has 24 heavy (non-hydrogen) atoms. The SMILES string of the molecule is COc1ccc(CNCc2cccc3cccnc23)c(Cl)c1OC. The molecule has 1 aromatic heterocycles. The summed E-state index contributed by atoms with van der Waals surface area (Å²) in [5, 5.41) is 5.13. The molecule has 2 aromatic carbocycles. The molecular weight excluding hydrogens is 324 g/mol. The minimum atomic E-state index is 0.560. The summed E-state index contributed by atoms with van der Waals surface area (Å²) in [6.45, 7) is 1.33. The van der Waals surface area contributed by atoms with E-state index in [-0.39, 0.29) is 0 Å². The average molecular weight is 343 g/mol. The molecule has 0 aliphatic carbocycles. The molecule has 1 heterocycles. The van der Waals surface area contributed by atoms with E-state index in [9.17, 15) is 0 Å². The van der Waals surface area contributed by atoms with Crippen molar-refractivity contribution in [2.75, 3.05) is 14.2 Å². The zero-order chi connectivity index (χ0) is 16.9. The number of hydrogen-bond donors (Lipinski definition) is 1. The maximum absolute atomic E-state index is 6.41. The third-order valence-corrected chi connectivity index (χ3v) is 4.33. The number of halogens is 1. The summed E-state index contributed by atoms with van der Waals surface area (Å²) >= 11 is 6.41. The second-order valence-corrected chi connectivity index (χ2v) is 5.75. The van der Waals surface area contributed by atoms with Crippen molar-refractivity contribution in [1.29, 1.82) is 0 Å². The molecule has 0 bridgehead atoms. The van der Waals surface area contributed by atoms with Crippen LogP contribution in [0.25, 0.3) is 10.9 Å². The quantitative estimate of drug-likeness (QED) is 0.729. The lowest BCUT2D eigenvalue weighted by atomic mass is 10.1. The molecule has 0 atom stereocenters. The fraction of sp³-hybridized carbons (Fsp3) is 0.211. The molecule has 0 aliphatic heterocycles. The van der Waals surface area contributed by atoms with Crippen LogP contribution in [0.4, 0.5) is 0 Å². The van der Waals surface area contributed by atoms with Crippen LogP contribution in [0.15, 0.2) is 48.7 Å². The normalized spacial score (nSPS) is 10.8. The molecule has 0 aliphatic rings. The smallest absolute Gasteiger partial charge is 0.179 e. The topological polar surface area (TPSA) is 43.4 Å². The van der Waals surface area contributed by atoms with Gasteiger partial charge in [-0.05, 0) is 23.3 Å². The summed E-state index contributed by atoms with van der Waals surface area (Å²) in [6, 6.07) is 14.0. The van der Waals surface area contributed by atoms with E-state index in [1.807, 2.05) is 30.5 Å². The number of nitrogens with one attached hydrogen (secondary N) is 1. The molecule has 3 rings (SSSR count). The molecule has 124 valence electrons. The third kappa shape index (κ3) is 3.30. The predicted octanol–water partition coefficient (Wildman–Crippen LogP) is 4.20. The minimum absolute atomic E-state index is 0.560. The molecular formula is C19H19ClN2O2. The lowest BCUT2D eigenvalue weighted by Crippen LogP contribution is -2.13. The Balaban J connectivity index is 1.75. The van der Waals surface area contributed by atoms with Crippen LogP contribution >= 0.6 is 11.6 Å². The Morgan fingerprint density at radius 3 is 2.54 bits per heavy atom. The van der Waals surface area contributed by atoms with Crippen molar-refractivity contribution < 1.29 is 9.47 Å². The molecule has 0 spiro atoms. The molecule has 5 heteroatoms. The number of benzene rings is 2. The number of nitrogens with zero attached hydrogens (tertiary/aromatic N) is 1. The maximum atomic E-state index is 6.41. The zero-order valence-electron chi connectivity index (χ0n) is 13.7. The summed E-state index contributed by atoms with van der Waals surface area (Å²) < 4.78 is 10.6. The van der Waals surface area contributed by atoms with Crippen molar-refractivity contribution in [1.82, 2.24) is 10.3 Å². The van der Waals surface area contributed by atoms with Crippen LogP contribution in [-0.4, -0.2) is 19.2 Å². The van der Waals surface area contributed by atoms with Crippen LogP contribution in [-0.2, 0) is 13.1 Å². The highest BCUT2D eigenvalue weighted by Crippen LogP contribution is 2.37. The van der Waals surface area contributed by atoms with Crippen LogP contribution < -0.4 is 14.8 Å². The first-order valence-electron chi connectivity index (χ1n) is 7.67. The Hall–Kier alpha value is -2.30. The van der Waals surface area contributed by atoms with E-state index in [1.54, 1.807) is 14.2 Å². The maximum Gasteiger partial charge on any atom is 0.179 e. The first-order valence-corrected chi connectivity index (χ1v) is 8.05. The minimum Gasteiger partial charge on any atom is -0.493 e. The van der Waals surface area contributed by atoms with Gasteiger partial charge in [-0.3, -0.25) is 4.98 Å². The number of hydrogen-bond acceptors (Lipinski definition) is 4. The van der Waals surface area contributed by atoms with Gasteiger partial charge in [0.15, 0.2) is 11.5 Å². The zero-order valence-corrected chi connectivity index (χ0v) is 14.4. The lowest BCUT2D eigenvalue weighted by molar-refractivity contribution is 0.354. The molecule has 0 saturated carbocycles. The number of pyridine rings is 1. The molecule has 0 saturated heterocycles. The van der Waals surface area contributed by atoms with Crippen LogP contribution in [0.3, 0.4) is 0 Å². The predicted molar refractivity (Wildman–Crippen MR) is 96.8 cm³/mol. The van der Waals surface area contributed by atoms with Crippen LogP contribution in [0, 0.1) is 0 Å². The number of rotatable bonds is 6. The van der Waals surface area contributed by atoms with E-state index in [2.05, 4.69) is 28.5 Å². The van der Waals surface area contributed by atoms with Crippen molar-refractivity contribution >= 4 is 22.5 Å². The van der Waals surface area contributed by atoms with E-state index in [0.717, 1.165) is 22.0 Å². The highest BCUT2D eigenvalue weighted by Gasteiger charge is 2.12. The summed E-state index contributed by atoms with van der Waals surface area (Å²) in [5.74, 6) is 1.19. The third-order valence-electron chi connectivity index (χ3n) is 3.91. The van der Waals surface area contributed by atoms with E-state index >= 15 is 0 Å². The molecule has 0 fully saturated rings. The second kappa shape index (κ2) is 7.51. The van der Waals surface area contributed by atoms with Crippen LogP contribution in [0.5, 0.6) is 11.5 Å². The lowest BCUT2D eigenvalue weighted by Gasteiger charge is -2.13. The van der Waals surface area contributed by atoms with Gasteiger partial charge < -0.3 is 14.8 Å². The highest BCUT2D eigenvalue weighted by molar-refractivity contribution is 6.33. The van der Waals surface area contributed by atoms with E-state index in [1.165, 1.54) is 0 Å². The number of aromatic nitrogens is 1. The van der Waals surface area contributed by atoms with E-state index in [4.69, 9.17) is 21.1 Å². The van der Waals surface area contributed by atoms with Gasteiger partial charge in [0.05, 0.1) is 24.8 Å². The highest BCUT2D eigenvalue weighted by atomic mass is 35.5. The van der Waals surface area contributed by atoms with Crippen molar-refractivity contribution in [2.45, 2.75) is 13.1 Å². The summed E-state index contributed by atoms with van der Waals surface area (Å²) in [5.41, 5.74) is 3.14. The van der Waals surface area contributed by atoms with Crippen LogP contribution in [0.2, 0.25) is 5.02 Å². The van der Waals surface area contributed by atoms with Gasteiger partial charge in [-0.25, -0.2) is 0 Å². The molecule has 0 amide bonds. The van der Waals surface area contributed by atoms with Gasteiger partial charge in [0.1, 0.15) is 0 Å². The Morgan fingerprint density at radius 2 is 1.75 bits per heavy atom. The van der Waals surface area contributed by atoms with Crippen molar-refractivity contribution in [2.24, 2.45) is 0 Å². The summed E-state index contributed by atoms with van der Waals surface area (Å²) in [4.78, 5) is 4.47. The van der Waals surface area contributed by atoms with Crippen molar-refractivity contribution in [3.05, 3.63) is 64.8 Å². The Kier molecular flexibility index (Phi) is 5.18. The first-order chi connectivity index (χ1) is 11.7. The molecule has 4 nitrogen and oxygen atoms in total. The summed E-state index contributed by atoms with van der Waals surface area (Å²) in [7, 11) is 3.18. The van der Waals surface area contributed by atoms with Crippen molar-refractivity contribution in [3.63, 3.8) is 0 Å². The number of fused-ring (bicyclic) bond motifs is 1. The van der Waals surface area contributed by atoms with E-state index in [0.29, 0.717) is 29.6 Å². The Bertz CT molecular complexity index is 847. The number of methoxy groups -OCH3 is 2. The van der Waals surface area contributed by atoms with Crippen LogP contribution in [0.1, 0.15) is 11.1 Å². The summed E-state index contributed by atoms with van der Waals surface area (Å²) in [6.07, 6.45) is 1.82. The van der Waals surface area contributed by atoms with Gasteiger partial charge in [0, 0.05) is 24.7 Å². The van der Waals surface area contributed by atoms with Gasteiger partial charge in [-0.2, -0.15) is 0 Å². The van der Waals surface area contributed by atoms with Gasteiger partial charge in [0.25, 0.3) is 0 Å². The van der Waals surface area contributed by atoms with E-state index < -0.39 is 0 Å². The fourth-order valence-corrected chi connectivity index (χ4v) is 3.01. The van der Waals surface area contributed by atoms with Gasteiger partial charge in [0.2, 0.25) is 0 Å². The molecule has 0 radical (unpaired) electrons. The fourth-order valence-electron chi connectivity index (χ4n) is 2.71. The van der Waals surface area contributed by atoms with Gasteiger partial charge in [-0.15, -0.1) is 0 Å². The largest absolute Gasteiger partial charge is 0.493 e. The van der Waals surface area contributed by atoms with Crippen molar-refractivity contribution in [3.8, 4) is 11.5 Å². The standard InChI is InChI=1S/C19H19ClN2O2/c1-23-16-9-8-14(17(20)19(16)24-2)11-21-12-15-6-3-5-13-7-4-10-22-18(13)15/h3-10,21H,11-12H2,1-2H3. The van der Waals surface area contributed by atoms with Gasteiger partial charge in [-0.1, -0.05) is 41.9 Å². The molecule has 1 N–H and O–H groups in total. The monoisotopic (exact) mass is 342 g/mol. The Morgan fingerprint density at radius 1 is 0.958 bits per heavy atom. The second-order valence-electron chi connectivity index (χ2n) is 5.37. The first kappa shape index (κ1) is 16.6. The molecule has 0 unspecified atom stereocenters. The molecule has 3 aromatic rings. The number of ether oxygens (including phenoxy) is 2. The van der Waals surface area contributed by atoms with Gasteiger partial charge >= 0.3 is 0 Å². The number of para-hydroxylation sites is 1.